The molecule has 0 bridgehead atoms. The number of benzene rings is 2. The number of urea groups is 1. The summed E-state index contributed by atoms with van der Waals surface area (Å²) in [5.41, 5.74) is 3.60. The van der Waals surface area contributed by atoms with Crippen LogP contribution in [0.15, 0.2) is 53.6 Å². The number of nitrogens with zero attached hydrogens (tertiary/aromatic N) is 4. The summed E-state index contributed by atoms with van der Waals surface area (Å²) < 4.78 is 5.22. The Morgan fingerprint density at radius 1 is 1.12 bits per heavy atom. The zero-order valence-electron chi connectivity index (χ0n) is 18.2. The van der Waals surface area contributed by atoms with Gasteiger partial charge in [-0.05, 0) is 47.5 Å². The van der Waals surface area contributed by atoms with E-state index in [-0.39, 0.29) is 19.1 Å². The van der Waals surface area contributed by atoms with Crippen molar-refractivity contribution in [1.82, 2.24) is 15.2 Å². The van der Waals surface area contributed by atoms with Crippen LogP contribution >= 0.6 is 0 Å². The number of rotatable bonds is 6. The summed E-state index contributed by atoms with van der Waals surface area (Å²) in [5.74, 6) is -0.107. The minimum absolute atomic E-state index is 0.0953. The maximum absolute atomic E-state index is 13.1. The highest BCUT2D eigenvalue weighted by atomic mass is 16.5. The summed E-state index contributed by atoms with van der Waals surface area (Å²) in [6.45, 7) is -0.446. The highest BCUT2D eigenvalue weighted by molar-refractivity contribution is 6.06. The van der Waals surface area contributed by atoms with Crippen LogP contribution in [-0.4, -0.2) is 67.8 Å². The Hall–Kier alpha value is -3.88. The van der Waals surface area contributed by atoms with Gasteiger partial charge in [0.05, 0.1) is 25.4 Å². The van der Waals surface area contributed by atoms with Crippen molar-refractivity contribution in [2.75, 3.05) is 39.2 Å². The molecule has 1 unspecified atom stereocenters. The number of carbonyl (C=O) groups excluding carboxylic acids is 3. The average molecular weight is 435 g/mol. The van der Waals surface area contributed by atoms with Crippen molar-refractivity contribution in [1.29, 1.82) is 0 Å². The highest BCUT2D eigenvalue weighted by Crippen LogP contribution is 2.34. The van der Waals surface area contributed by atoms with Crippen molar-refractivity contribution < 1.29 is 19.1 Å². The smallest absolute Gasteiger partial charge is 0.325 e. The molecule has 0 saturated carbocycles. The molecule has 2 heterocycles. The monoisotopic (exact) mass is 435 g/mol. The van der Waals surface area contributed by atoms with E-state index in [1.54, 1.807) is 7.11 Å². The molecular weight excluding hydrogens is 410 g/mol. The second kappa shape index (κ2) is 8.70. The van der Waals surface area contributed by atoms with Gasteiger partial charge in [-0.3, -0.25) is 14.5 Å². The predicted octanol–water partition coefficient (Wildman–Crippen LogP) is 1.99. The number of nitrogens with one attached hydrogen (secondary N) is 1. The van der Waals surface area contributed by atoms with E-state index in [1.165, 1.54) is 5.01 Å². The number of hydrogen-bond acceptors (Lipinski definition) is 6. The van der Waals surface area contributed by atoms with Crippen LogP contribution in [0.3, 0.4) is 0 Å². The molecule has 1 atom stereocenters. The SMILES string of the molecule is COc1ccc(C2=NN(C(=O)CN3C(=O)CNC3=O)C(c3ccc(N(C)C)cc3)C2)cc1. The van der Waals surface area contributed by atoms with Crippen molar-refractivity contribution in [3.63, 3.8) is 0 Å². The fraction of sp³-hybridized carbons (Fsp3) is 0.304. The van der Waals surface area contributed by atoms with Crippen LogP contribution in [0.1, 0.15) is 23.6 Å². The minimum Gasteiger partial charge on any atom is -0.497 e. The first-order valence-electron chi connectivity index (χ1n) is 10.3. The fourth-order valence-electron chi connectivity index (χ4n) is 3.78. The summed E-state index contributed by atoms with van der Waals surface area (Å²) in [6.07, 6.45) is 0.513. The third kappa shape index (κ3) is 4.14. The Kier molecular flexibility index (Phi) is 5.81. The predicted molar refractivity (Wildman–Crippen MR) is 120 cm³/mol. The highest BCUT2D eigenvalue weighted by Gasteiger charge is 2.37. The van der Waals surface area contributed by atoms with Gasteiger partial charge in [-0.1, -0.05) is 12.1 Å². The Morgan fingerprint density at radius 3 is 2.38 bits per heavy atom. The van der Waals surface area contributed by atoms with Crippen molar-refractivity contribution >= 4 is 29.2 Å². The normalized spacial score (nSPS) is 18.0. The zero-order chi connectivity index (χ0) is 22.8. The maximum Gasteiger partial charge on any atom is 0.325 e. The van der Waals surface area contributed by atoms with Gasteiger partial charge < -0.3 is 15.0 Å². The van der Waals surface area contributed by atoms with Gasteiger partial charge in [-0.15, -0.1) is 0 Å². The van der Waals surface area contributed by atoms with Crippen molar-refractivity contribution in [2.45, 2.75) is 12.5 Å². The molecular formula is C23H25N5O4. The molecule has 2 aliphatic heterocycles. The number of carbonyl (C=O) groups is 3. The van der Waals surface area contributed by atoms with Crippen molar-refractivity contribution in [3.8, 4) is 5.75 Å². The van der Waals surface area contributed by atoms with Gasteiger partial charge in [0.2, 0.25) is 0 Å². The third-order valence-corrected chi connectivity index (χ3v) is 5.61. The van der Waals surface area contributed by atoms with E-state index in [4.69, 9.17) is 4.74 Å². The fourth-order valence-corrected chi connectivity index (χ4v) is 3.78. The lowest BCUT2D eigenvalue weighted by molar-refractivity contribution is -0.137. The lowest BCUT2D eigenvalue weighted by atomic mass is 9.98. The van der Waals surface area contributed by atoms with Crippen LogP contribution in [0, 0.1) is 0 Å². The molecule has 9 heteroatoms. The first-order valence-corrected chi connectivity index (χ1v) is 10.3. The van der Waals surface area contributed by atoms with Crippen LogP contribution in [0.2, 0.25) is 0 Å². The molecule has 0 radical (unpaired) electrons. The van der Waals surface area contributed by atoms with Crippen molar-refractivity contribution in [3.05, 3.63) is 59.7 Å². The van der Waals surface area contributed by atoms with E-state index in [9.17, 15) is 14.4 Å². The molecule has 1 saturated heterocycles. The lowest BCUT2D eigenvalue weighted by Crippen LogP contribution is -2.41. The molecule has 166 valence electrons. The summed E-state index contributed by atoms with van der Waals surface area (Å²) in [5, 5.41) is 8.43. The molecule has 32 heavy (non-hydrogen) atoms. The van der Waals surface area contributed by atoms with Crippen LogP contribution in [0.25, 0.3) is 0 Å². The van der Waals surface area contributed by atoms with Gasteiger partial charge >= 0.3 is 6.03 Å². The Morgan fingerprint density at radius 2 is 1.81 bits per heavy atom. The standard InChI is InChI=1S/C23H25N5O4/c1-26(2)17-8-4-16(5-9-17)20-12-19(15-6-10-18(32-3)11-7-15)25-28(20)22(30)14-27-21(29)13-24-23(27)31/h4-11,20H,12-14H2,1-3H3,(H,24,31). The summed E-state index contributed by atoms with van der Waals surface area (Å²) in [4.78, 5) is 39.9. The lowest BCUT2D eigenvalue weighted by Gasteiger charge is -2.24. The van der Waals surface area contributed by atoms with E-state index < -0.39 is 17.8 Å². The summed E-state index contributed by atoms with van der Waals surface area (Å²) in [7, 11) is 5.53. The molecule has 4 rings (SSSR count). The summed E-state index contributed by atoms with van der Waals surface area (Å²) in [6, 6.07) is 14.5. The van der Waals surface area contributed by atoms with Crippen LogP contribution in [0.4, 0.5) is 10.5 Å². The van der Waals surface area contributed by atoms with E-state index in [2.05, 4.69) is 10.4 Å². The number of hydrazone groups is 1. The number of imide groups is 1. The molecule has 1 N–H and O–H groups in total. The number of ether oxygens (including phenoxy) is 1. The molecule has 2 aromatic rings. The van der Waals surface area contributed by atoms with Crippen LogP contribution < -0.4 is 15.0 Å². The molecule has 9 nitrogen and oxygen atoms in total. The maximum atomic E-state index is 13.1. The van der Waals surface area contributed by atoms with Gasteiger partial charge in [-0.2, -0.15) is 5.10 Å². The molecule has 2 aliphatic rings. The van der Waals surface area contributed by atoms with E-state index in [0.29, 0.717) is 6.42 Å². The van der Waals surface area contributed by atoms with E-state index >= 15 is 0 Å². The number of methoxy groups -OCH3 is 1. The van der Waals surface area contributed by atoms with Gasteiger partial charge in [0.15, 0.2) is 0 Å². The largest absolute Gasteiger partial charge is 0.497 e. The molecule has 0 aromatic heterocycles. The second-order valence-electron chi connectivity index (χ2n) is 7.86. The van der Waals surface area contributed by atoms with Crippen LogP contribution in [-0.2, 0) is 9.59 Å². The van der Waals surface area contributed by atoms with Gasteiger partial charge in [0, 0.05) is 26.2 Å². The summed E-state index contributed by atoms with van der Waals surface area (Å²) >= 11 is 0. The third-order valence-electron chi connectivity index (χ3n) is 5.61. The van der Waals surface area contributed by atoms with Gasteiger partial charge in [0.1, 0.15) is 12.3 Å². The topological polar surface area (TPSA) is 94.5 Å². The van der Waals surface area contributed by atoms with E-state index in [0.717, 1.165) is 33.2 Å². The number of hydrogen-bond donors (Lipinski definition) is 1. The van der Waals surface area contributed by atoms with Crippen LogP contribution in [0.5, 0.6) is 5.75 Å². The molecule has 0 aliphatic carbocycles. The van der Waals surface area contributed by atoms with E-state index in [1.807, 2.05) is 67.5 Å². The molecule has 2 aromatic carbocycles. The van der Waals surface area contributed by atoms with Gasteiger partial charge in [0.25, 0.3) is 11.8 Å². The Balaban J connectivity index is 1.63. The first-order chi connectivity index (χ1) is 15.4. The molecule has 0 spiro atoms. The molecule has 4 amide bonds. The number of anilines is 1. The van der Waals surface area contributed by atoms with Gasteiger partial charge in [-0.25, -0.2) is 9.80 Å². The quantitative estimate of drug-likeness (QED) is 0.701. The molecule has 1 fully saturated rings. The Bertz CT molecular complexity index is 1050. The van der Waals surface area contributed by atoms with Crippen molar-refractivity contribution in [2.24, 2.45) is 5.10 Å². The Labute approximate surface area is 186 Å². The average Bonchev–Trinajstić information content (AvgIpc) is 3.38. The number of amides is 4. The minimum atomic E-state index is -0.561. The zero-order valence-corrected chi connectivity index (χ0v) is 18.2. The first kappa shape index (κ1) is 21.4. The second-order valence-corrected chi connectivity index (χ2v) is 7.86.